The Bertz CT molecular complexity index is 1020. The Kier molecular flexibility index (Phi) is 8.31. The number of aliphatic carboxylic acids is 1. The first-order chi connectivity index (χ1) is 16.2. The second-order valence-electron chi connectivity index (χ2n) is 9.21. The largest absolute Gasteiger partial charge is 0.508 e. The van der Waals surface area contributed by atoms with Gasteiger partial charge in [0.1, 0.15) is 12.3 Å². The van der Waals surface area contributed by atoms with Gasteiger partial charge in [0.15, 0.2) is 0 Å². The van der Waals surface area contributed by atoms with Gasteiger partial charge in [0.25, 0.3) is 5.91 Å². The zero-order valence-electron chi connectivity index (χ0n) is 20.0. The summed E-state index contributed by atoms with van der Waals surface area (Å²) in [6.45, 7) is 7.75. The molecule has 1 atom stereocenters. The molecule has 3 aliphatic rings. The summed E-state index contributed by atoms with van der Waals surface area (Å²) in [7, 11) is 0. The zero-order valence-corrected chi connectivity index (χ0v) is 20.0. The molecule has 4 rings (SSSR count). The Morgan fingerprint density at radius 2 is 1.94 bits per heavy atom. The molecule has 7 heteroatoms. The van der Waals surface area contributed by atoms with E-state index in [-0.39, 0.29) is 30.2 Å². The Morgan fingerprint density at radius 3 is 2.53 bits per heavy atom. The molecule has 0 aromatic heterocycles. The van der Waals surface area contributed by atoms with E-state index in [9.17, 15) is 14.4 Å². The third-order valence-corrected chi connectivity index (χ3v) is 6.53. The van der Waals surface area contributed by atoms with Gasteiger partial charge in [-0.15, -0.1) is 0 Å². The van der Waals surface area contributed by atoms with Crippen molar-refractivity contribution in [3.8, 4) is 0 Å². The maximum Gasteiger partial charge on any atom is 0.323 e. The number of allylic oxidation sites excluding steroid dienone is 4. The fraction of sp³-hybridized carbons (Fsp3) is 0.444. The SMILES string of the molecule is C=C/C(O)=C\C=C(/C)CCC1CC1.CC1c2ccc(N3CCCC3=O)cc2C(=O)N1CC(=O)O. The minimum atomic E-state index is -1.03. The summed E-state index contributed by atoms with van der Waals surface area (Å²) in [5.41, 5.74) is 3.37. The Balaban J connectivity index is 0.000000215. The number of carbonyl (C=O) groups excluding carboxylic acids is 2. The van der Waals surface area contributed by atoms with Crippen molar-refractivity contribution < 1.29 is 24.6 Å². The summed E-state index contributed by atoms with van der Waals surface area (Å²) in [4.78, 5) is 38.0. The fourth-order valence-corrected chi connectivity index (χ4v) is 4.25. The predicted octanol–water partition coefficient (Wildman–Crippen LogP) is 5.17. The number of fused-ring (bicyclic) bond motifs is 1. The van der Waals surface area contributed by atoms with Crippen molar-refractivity contribution in [2.45, 2.75) is 58.4 Å². The van der Waals surface area contributed by atoms with Gasteiger partial charge >= 0.3 is 5.97 Å². The predicted molar refractivity (Wildman–Crippen MR) is 132 cm³/mol. The monoisotopic (exact) mass is 466 g/mol. The Morgan fingerprint density at radius 1 is 1.21 bits per heavy atom. The van der Waals surface area contributed by atoms with Crippen molar-refractivity contribution in [1.29, 1.82) is 0 Å². The van der Waals surface area contributed by atoms with Crippen LogP contribution < -0.4 is 4.90 Å². The lowest BCUT2D eigenvalue weighted by Gasteiger charge is -2.19. The molecule has 1 saturated carbocycles. The molecule has 1 aromatic carbocycles. The topological polar surface area (TPSA) is 98.2 Å². The third-order valence-electron chi connectivity index (χ3n) is 6.53. The molecule has 0 radical (unpaired) electrons. The molecule has 1 saturated heterocycles. The second-order valence-corrected chi connectivity index (χ2v) is 9.21. The van der Waals surface area contributed by atoms with E-state index in [0.717, 1.165) is 24.3 Å². The molecular formula is C27H34N2O5. The number of amides is 2. The molecule has 1 aromatic rings. The van der Waals surface area contributed by atoms with Crippen LogP contribution in [0.3, 0.4) is 0 Å². The van der Waals surface area contributed by atoms with Crippen molar-refractivity contribution in [3.63, 3.8) is 0 Å². The van der Waals surface area contributed by atoms with Gasteiger partial charge in [0.2, 0.25) is 5.91 Å². The average molecular weight is 467 g/mol. The van der Waals surface area contributed by atoms with E-state index >= 15 is 0 Å². The number of carbonyl (C=O) groups is 3. The Hall–Kier alpha value is -3.35. The Labute approximate surface area is 201 Å². The summed E-state index contributed by atoms with van der Waals surface area (Å²) in [6.07, 6.45) is 11.8. The third kappa shape index (κ3) is 6.37. The maximum atomic E-state index is 12.4. The highest BCUT2D eigenvalue weighted by atomic mass is 16.4. The van der Waals surface area contributed by atoms with Crippen LogP contribution in [0.2, 0.25) is 0 Å². The van der Waals surface area contributed by atoms with Gasteiger partial charge in [-0.25, -0.2) is 0 Å². The molecule has 0 spiro atoms. The number of carboxylic acids is 1. The van der Waals surface area contributed by atoms with Crippen LogP contribution in [0.15, 0.2) is 54.3 Å². The van der Waals surface area contributed by atoms with Gasteiger partial charge < -0.3 is 20.0 Å². The first-order valence-corrected chi connectivity index (χ1v) is 11.9. The van der Waals surface area contributed by atoms with Crippen LogP contribution in [0.1, 0.15) is 74.3 Å². The van der Waals surface area contributed by atoms with Crippen molar-refractivity contribution in [2.75, 3.05) is 18.0 Å². The lowest BCUT2D eigenvalue weighted by molar-refractivity contribution is -0.138. The van der Waals surface area contributed by atoms with E-state index in [1.54, 1.807) is 17.0 Å². The van der Waals surface area contributed by atoms with Crippen molar-refractivity contribution in [3.05, 3.63) is 65.5 Å². The molecule has 2 heterocycles. The van der Waals surface area contributed by atoms with Crippen molar-refractivity contribution in [2.24, 2.45) is 5.92 Å². The van der Waals surface area contributed by atoms with Crippen molar-refractivity contribution >= 4 is 23.5 Å². The van der Waals surface area contributed by atoms with Gasteiger partial charge in [-0.05, 0) is 68.9 Å². The maximum absolute atomic E-state index is 12.4. The number of benzene rings is 1. The van der Waals surface area contributed by atoms with Crippen LogP contribution in [0, 0.1) is 5.92 Å². The minimum absolute atomic E-state index is 0.0656. The highest BCUT2D eigenvalue weighted by Crippen LogP contribution is 2.36. The summed E-state index contributed by atoms with van der Waals surface area (Å²) in [6, 6.07) is 5.10. The van der Waals surface area contributed by atoms with E-state index in [1.807, 2.05) is 25.1 Å². The minimum Gasteiger partial charge on any atom is -0.508 e. The number of carboxylic acid groups (broad SMARTS) is 1. The zero-order chi connectivity index (χ0) is 24.8. The highest BCUT2D eigenvalue weighted by molar-refractivity contribution is 6.03. The molecule has 2 aliphatic heterocycles. The molecule has 1 unspecified atom stereocenters. The van der Waals surface area contributed by atoms with E-state index in [1.165, 1.54) is 35.8 Å². The molecule has 0 bridgehead atoms. The molecule has 7 nitrogen and oxygen atoms in total. The van der Waals surface area contributed by atoms with Gasteiger partial charge in [-0.3, -0.25) is 14.4 Å². The summed E-state index contributed by atoms with van der Waals surface area (Å²) in [5.74, 6) is -0.0201. The first kappa shape index (κ1) is 25.3. The average Bonchev–Trinajstić information content (AvgIpc) is 3.51. The van der Waals surface area contributed by atoms with Gasteiger partial charge in [-0.2, -0.15) is 0 Å². The molecule has 2 N–H and O–H groups in total. The van der Waals surface area contributed by atoms with E-state index < -0.39 is 5.97 Å². The normalized spacial score (nSPS) is 20.2. The number of anilines is 1. The quantitative estimate of drug-likeness (QED) is 0.407. The molecule has 2 amide bonds. The van der Waals surface area contributed by atoms with Gasteiger partial charge in [0, 0.05) is 24.2 Å². The van der Waals surface area contributed by atoms with Crippen LogP contribution in [-0.4, -0.2) is 46.0 Å². The number of aliphatic hydroxyl groups is 1. The van der Waals surface area contributed by atoms with Crippen LogP contribution in [0.25, 0.3) is 0 Å². The van der Waals surface area contributed by atoms with Crippen LogP contribution in [0.5, 0.6) is 0 Å². The smallest absolute Gasteiger partial charge is 0.323 e. The number of hydrogen-bond acceptors (Lipinski definition) is 4. The van der Waals surface area contributed by atoms with Gasteiger partial charge in [0.05, 0.1) is 6.04 Å². The molecular weight excluding hydrogens is 432 g/mol. The molecule has 2 fully saturated rings. The van der Waals surface area contributed by atoms with E-state index in [0.29, 0.717) is 24.2 Å². The van der Waals surface area contributed by atoms with E-state index in [4.69, 9.17) is 10.2 Å². The fourth-order valence-electron chi connectivity index (χ4n) is 4.25. The first-order valence-electron chi connectivity index (χ1n) is 11.9. The van der Waals surface area contributed by atoms with Crippen LogP contribution in [0.4, 0.5) is 5.69 Å². The lowest BCUT2D eigenvalue weighted by atomic mass is 10.0. The van der Waals surface area contributed by atoms with Crippen LogP contribution >= 0.6 is 0 Å². The molecule has 1 aliphatic carbocycles. The standard InChI is InChI=1S/C15H16N2O4.C12H18O/c1-9-11-5-4-10(16-6-2-3-13(16)18)7-12(11)15(21)17(9)8-14(19)20;1-3-12(13)9-5-10(2)4-6-11-7-8-11/h4-5,7,9H,2-3,6,8H2,1H3,(H,19,20);3,5,9,11,13H,1,4,6-8H2,2H3/b;10-5+,12-9+. The molecule has 182 valence electrons. The molecule has 34 heavy (non-hydrogen) atoms. The van der Waals surface area contributed by atoms with E-state index in [2.05, 4.69) is 13.5 Å². The van der Waals surface area contributed by atoms with Crippen molar-refractivity contribution in [1.82, 2.24) is 4.90 Å². The highest BCUT2D eigenvalue weighted by Gasteiger charge is 2.36. The van der Waals surface area contributed by atoms with Gasteiger partial charge in [-0.1, -0.05) is 37.1 Å². The number of nitrogens with zero attached hydrogens (tertiary/aromatic N) is 2. The second kappa shape index (κ2) is 11.2. The number of hydrogen-bond donors (Lipinski definition) is 2. The number of rotatable bonds is 8. The lowest BCUT2D eigenvalue weighted by Crippen LogP contribution is -2.32. The van der Waals surface area contributed by atoms with Crippen LogP contribution in [-0.2, 0) is 9.59 Å². The summed E-state index contributed by atoms with van der Waals surface area (Å²) in [5, 5.41) is 18.0. The summed E-state index contributed by atoms with van der Waals surface area (Å²) >= 11 is 0. The number of aliphatic hydroxyl groups excluding tert-OH is 1. The summed E-state index contributed by atoms with van der Waals surface area (Å²) < 4.78 is 0.